The Morgan fingerprint density at radius 1 is 1.15 bits per heavy atom. The number of amides is 1. The van der Waals surface area contributed by atoms with Gasteiger partial charge in [-0.25, -0.2) is 8.42 Å². The Bertz CT molecular complexity index is 606. The van der Waals surface area contributed by atoms with Crippen LogP contribution in [0.3, 0.4) is 0 Å². The first-order valence-electron chi connectivity index (χ1n) is 6.98. The molecule has 1 amide bonds. The second-order valence-electron chi connectivity index (χ2n) is 5.39. The molecule has 0 bridgehead atoms. The van der Waals surface area contributed by atoms with Gasteiger partial charge in [0.1, 0.15) is 0 Å². The molecule has 1 heterocycles. The Hall–Kier alpha value is -1.56. The Morgan fingerprint density at radius 2 is 1.85 bits per heavy atom. The normalized spacial score (nSPS) is 21.5. The van der Waals surface area contributed by atoms with Gasteiger partial charge in [0, 0.05) is 18.2 Å². The van der Waals surface area contributed by atoms with Crippen molar-refractivity contribution in [3.63, 3.8) is 0 Å². The van der Waals surface area contributed by atoms with Crippen LogP contribution in [0.25, 0.3) is 0 Å². The first-order chi connectivity index (χ1) is 9.56. The van der Waals surface area contributed by atoms with Gasteiger partial charge in [-0.2, -0.15) is 0 Å². The predicted octanol–water partition coefficient (Wildman–Crippen LogP) is 1.51. The molecule has 5 nitrogen and oxygen atoms in total. The zero-order chi connectivity index (χ0) is 14.2. The van der Waals surface area contributed by atoms with Crippen LogP contribution in [0.4, 0.5) is 5.69 Å². The van der Waals surface area contributed by atoms with E-state index in [4.69, 9.17) is 0 Å². The van der Waals surface area contributed by atoms with Crippen molar-refractivity contribution in [3.8, 4) is 0 Å². The molecule has 6 heteroatoms. The third-order valence-electron chi connectivity index (χ3n) is 3.68. The van der Waals surface area contributed by atoms with Gasteiger partial charge in [-0.15, -0.1) is 0 Å². The molecule has 108 valence electrons. The average molecular weight is 294 g/mol. The summed E-state index contributed by atoms with van der Waals surface area (Å²) in [6, 6.07) is 7.13. The molecule has 1 aromatic carbocycles. The maximum atomic E-state index is 12.0. The monoisotopic (exact) mass is 294 g/mol. The van der Waals surface area contributed by atoms with Gasteiger partial charge in [-0.1, -0.05) is 0 Å². The number of rotatable bonds is 3. The number of hydrogen-bond acceptors (Lipinski definition) is 3. The number of benzene rings is 1. The van der Waals surface area contributed by atoms with Gasteiger partial charge in [-0.3, -0.25) is 9.10 Å². The zero-order valence-corrected chi connectivity index (χ0v) is 12.0. The van der Waals surface area contributed by atoms with Crippen LogP contribution in [0.15, 0.2) is 24.3 Å². The van der Waals surface area contributed by atoms with Crippen molar-refractivity contribution in [1.29, 1.82) is 0 Å². The summed E-state index contributed by atoms with van der Waals surface area (Å²) in [5.41, 5.74) is 1.22. The van der Waals surface area contributed by atoms with E-state index in [1.807, 2.05) is 0 Å². The van der Waals surface area contributed by atoms with Gasteiger partial charge >= 0.3 is 0 Å². The van der Waals surface area contributed by atoms with Gasteiger partial charge < -0.3 is 5.32 Å². The van der Waals surface area contributed by atoms with E-state index in [1.54, 1.807) is 24.3 Å². The van der Waals surface area contributed by atoms with E-state index in [0.29, 0.717) is 23.8 Å². The lowest BCUT2D eigenvalue weighted by atomic mass is 10.2. The fraction of sp³-hybridized carbons (Fsp3) is 0.500. The Balaban J connectivity index is 1.76. The first-order valence-corrected chi connectivity index (χ1v) is 8.58. The Morgan fingerprint density at radius 3 is 2.45 bits per heavy atom. The molecule has 1 N–H and O–H groups in total. The molecule has 0 aromatic heterocycles. The Kier molecular flexibility index (Phi) is 3.41. The third kappa shape index (κ3) is 2.80. The molecule has 0 atom stereocenters. The second kappa shape index (κ2) is 5.09. The summed E-state index contributed by atoms with van der Waals surface area (Å²) >= 11 is 0. The molecular formula is C14H18N2O3S. The maximum absolute atomic E-state index is 12.0. The predicted molar refractivity (Wildman–Crippen MR) is 77.3 cm³/mol. The van der Waals surface area contributed by atoms with E-state index in [-0.39, 0.29) is 11.7 Å². The SMILES string of the molecule is O=C(NC1CC1)c1ccc(N2CCCCS2(=O)=O)cc1. The molecule has 0 spiro atoms. The van der Waals surface area contributed by atoms with Gasteiger partial charge in [0.25, 0.3) is 5.91 Å². The van der Waals surface area contributed by atoms with Crippen LogP contribution in [0.2, 0.25) is 0 Å². The van der Waals surface area contributed by atoms with Crippen LogP contribution in [0.1, 0.15) is 36.0 Å². The second-order valence-corrected chi connectivity index (χ2v) is 7.40. The minimum Gasteiger partial charge on any atom is -0.349 e. The highest BCUT2D eigenvalue weighted by Crippen LogP contribution is 2.24. The van der Waals surface area contributed by atoms with Crippen LogP contribution in [0, 0.1) is 0 Å². The summed E-state index contributed by atoms with van der Waals surface area (Å²) in [5.74, 6) is 0.122. The van der Waals surface area contributed by atoms with Gasteiger partial charge in [0.2, 0.25) is 10.0 Å². The number of nitrogens with one attached hydrogen (secondary N) is 1. The fourth-order valence-electron chi connectivity index (χ4n) is 2.35. The maximum Gasteiger partial charge on any atom is 0.251 e. The van der Waals surface area contributed by atoms with Crippen molar-refractivity contribution in [2.75, 3.05) is 16.6 Å². The topological polar surface area (TPSA) is 66.5 Å². The lowest BCUT2D eigenvalue weighted by molar-refractivity contribution is 0.0951. The molecule has 0 unspecified atom stereocenters. The van der Waals surface area contributed by atoms with E-state index in [9.17, 15) is 13.2 Å². The van der Waals surface area contributed by atoms with E-state index in [2.05, 4.69) is 5.32 Å². The van der Waals surface area contributed by atoms with Crippen molar-refractivity contribution < 1.29 is 13.2 Å². The zero-order valence-electron chi connectivity index (χ0n) is 11.2. The van der Waals surface area contributed by atoms with Crippen LogP contribution in [-0.2, 0) is 10.0 Å². The lowest BCUT2D eigenvalue weighted by Crippen LogP contribution is -2.37. The third-order valence-corrected chi connectivity index (χ3v) is 5.55. The molecule has 1 saturated heterocycles. The summed E-state index contributed by atoms with van der Waals surface area (Å²) in [5, 5.41) is 2.91. The number of anilines is 1. The summed E-state index contributed by atoms with van der Waals surface area (Å²) in [7, 11) is -3.19. The molecule has 1 aliphatic heterocycles. The van der Waals surface area contributed by atoms with Crippen molar-refractivity contribution in [2.24, 2.45) is 0 Å². The number of carbonyl (C=O) groups excluding carboxylic acids is 1. The molecule has 1 aromatic rings. The largest absolute Gasteiger partial charge is 0.349 e. The van der Waals surface area contributed by atoms with Crippen molar-refractivity contribution >= 4 is 21.6 Å². The molecular weight excluding hydrogens is 276 g/mol. The van der Waals surface area contributed by atoms with Crippen molar-refractivity contribution in [3.05, 3.63) is 29.8 Å². The number of carbonyl (C=O) groups is 1. The summed E-state index contributed by atoms with van der Waals surface area (Å²) in [6.45, 7) is 0.524. The van der Waals surface area contributed by atoms with Gasteiger partial charge in [0.15, 0.2) is 0 Å². The standard InChI is InChI=1S/C14H18N2O3S/c17-14(15-12-5-6-12)11-3-7-13(8-4-11)16-9-1-2-10-20(16,18)19/h3-4,7-8,12H,1-2,5-6,9-10H2,(H,15,17). The molecule has 20 heavy (non-hydrogen) atoms. The van der Waals surface area contributed by atoms with E-state index in [1.165, 1.54) is 4.31 Å². The van der Waals surface area contributed by atoms with Crippen molar-refractivity contribution in [1.82, 2.24) is 5.32 Å². The van der Waals surface area contributed by atoms with E-state index >= 15 is 0 Å². The first kappa shape index (κ1) is 13.4. The minimum atomic E-state index is -3.19. The highest BCUT2D eigenvalue weighted by atomic mass is 32.2. The number of nitrogens with zero attached hydrogens (tertiary/aromatic N) is 1. The molecule has 2 aliphatic rings. The van der Waals surface area contributed by atoms with E-state index in [0.717, 1.165) is 25.7 Å². The Labute approximate surface area is 119 Å². The van der Waals surface area contributed by atoms with Crippen molar-refractivity contribution in [2.45, 2.75) is 31.7 Å². The number of sulfonamides is 1. The summed E-state index contributed by atoms with van der Waals surface area (Å²) in [6.07, 6.45) is 3.70. The van der Waals surface area contributed by atoms with Crippen LogP contribution < -0.4 is 9.62 Å². The van der Waals surface area contributed by atoms with Gasteiger partial charge in [0.05, 0.1) is 11.4 Å². The molecule has 2 fully saturated rings. The van der Waals surface area contributed by atoms with E-state index < -0.39 is 10.0 Å². The highest BCUT2D eigenvalue weighted by molar-refractivity contribution is 7.92. The molecule has 1 saturated carbocycles. The van der Waals surface area contributed by atoms with Gasteiger partial charge in [-0.05, 0) is 49.9 Å². The molecule has 0 radical (unpaired) electrons. The minimum absolute atomic E-state index is 0.0828. The lowest BCUT2D eigenvalue weighted by Gasteiger charge is -2.28. The quantitative estimate of drug-likeness (QED) is 0.919. The average Bonchev–Trinajstić information content (AvgIpc) is 3.22. The van der Waals surface area contributed by atoms with Crippen LogP contribution in [-0.4, -0.2) is 32.7 Å². The highest BCUT2D eigenvalue weighted by Gasteiger charge is 2.26. The smallest absolute Gasteiger partial charge is 0.251 e. The molecule has 1 aliphatic carbocycles. The summed E-state index contributed by atoms with van der Waals surface area (Å²) in [4.78, 5) is 11.9. The molecule has 3 rings (SSSR count). The van der Waals surface area contributed by atoms with Crippen LogP contribution in [0.5, 0.6) is 0 Å². The van der Waals surface area contributed by atoms with Crippen LogP contribution >= 0.6 is 0 Å². The number of hydrogen-bond donors (Lipinski definition) is 1. The summed E-state index contributed by atoms with van der Waals surface area (Å²) < 4.78 is 25.4. The fourth-order valence-corrected chi connectivity index (χ4v) is 3.99.